The second-order valence-electron chi connectivity index (χ2n) is 7.97. The summed E-state index contributed by atoms with van der Waals surface area (Å²) in [6, 6.07) is 4.70. The first-order valence-corrected chi connectivity index (χ1v) is 11.2. The lowest BCUT2D eigenvalue weighted by Crippen LogP contribution is -2.36. The number of carbonyl (C=O) groups excluding carboxylic acids is 2. The Balaban J connectivity index is 3.01. The summed E-state index contributed by atoms with van der Waals surface area (Å²) < 4.78 is 27.0. The summed E-state index contributed by atoms with van der Waals surface area (Å²) in [4.78, 5) is 26.2. The number of carbonyl (C=O) groups is 2. The molecule has 0 spiro atoms. The molecule has 0 aliphatic rings. The summed E-state index contributed by atoms with van der Waals surface area (Å²) in [5, 5.41) is 5.51. The van der Waals surface area contributed by atoms with Crippen LogP contribution < -0.4 is 15.5 Å². The molecule has 0 radical (unpaired) electrons. The minimum atomic E-state index is -3.64. The standard InChI is InChI=1S/C20H34N4O4S/c1-8-24(9-2)29(27,28)15-10-11-17(23(6)7)16(14-15)22-18(25)12-13-21-19(26)20(3,4)5/h10-11,14H,8-9,12-13H2,1-7H3,(H,21,26)(H,22,25). The predicted octanol–water partition coefficient (Wildman–Crippen LogP) is 2.27. The van der Waals surface area contributed by atoms with Crippen LogP contribution >= 0.6 is 0 Å². The van der Waals surface area contributed by atoms with Gasteiger partial charge in [-0.1, -0.05) is 34.6 Å². The van der Waals surface area contributed by atoms with E-state index in [4.69, 9.17) is 0 Å². The molecule has 1 aromatic rings. The van der Waals surface area contributed by atoms with E-state index in [1.54, 1.807) is 51.7 Å². The van der Waals surface area contributed by atoms with E-state index in [2.05, 4.69) is 10.6 Å². The predicted molar refractivity (Wildman–Crippen MR) is 117 cm³/mol. The molecule has 0 saturated heterocycles. The largest absolute Gasteiger partial charge is 0.376 e. The lowest BCUT2D eigenvalue weighted by atomic mass is 9.96. The summed E-state index contributed by atoms with van der Waals surface area (Å²) in [6.45, 7) is 9.89. The zero-order valence-electron chi connectivity index (χ0n) is 18.5. The molecule has 0 fully saturated rings. The summed E-state index contributed by atoms with van der Waals surface area (Å²) in [5.41, 5.74) is 0.577. The molecule has 0 bridgehead atoms. The number of nitrogens with zero attached hydrogens (tertiary/aromatic N) is 2. The van der Waals surface area contributed by atoms with Crippen LogP contribution in [0.25, 0.3) is 0 Å². The smallest absolute Gasteiger partial charge is 0.243 e. The van der Waals surface area contributed by atoms with E-state index in [-0.39, 0.29) is 29.7 Å². The number of sulfonamides is 1. The molecular formula is C20H34N4O4S. The average molecular weight is 427 g/mol. The topological polar surface area (TPSA) is 98.8 Å². The Kier molecular flexibility index (Phi) is 8.65. The first kappa shape index (κ1) is 24.9. The molecule has 164 valence electrons. The Bertz CT molecular complexity index is 825. The zero-order chi connectivity index (χ0) is 22.4. The molecular weight excluding hydrogens is 392 g/mol. The average Bonchev–Trinajstić information content (AvgIpc) is 2.61. The Morgan fingerprint density at radius 2 is 1.66 bits per heavy atom. The molecule has 2 amide bonds. The molecule has 1 aromatic carbocycles. The van der Waals surface area contributed by atoms with Crippen molar-refractivity contribution in [1.29, 1.82) is 0 Å². The second kappa shape index (κ2) is 10.1. The van der Waals surface area contributed by atoms with E-state index in [0.29, 0.717) is 24.5 Å². The Morgan fingerprint density at radius 3 is 2.14 bits per heavy atom. The molecule has 1 rings (SSSR count). The number of amides is 2. The van der Waals surface area contributed by atoms with E-state index >= 15 is 0 Å². The highest BCUT2D eigenvalue weighted by atomic mass is 32.2. The van der Waals surface area contributed by atoms with Crippen LogP contribution in [-0.4, -0.2) is 58.3 Å². The maximum absolute atomic E-state index is 12.8. The van der Waals surface area contributed by atoms with Crippen molar-refractivity contribution in [3.63, 3.8) is 0 Å². The van der Waals surface area contributed by atoms with E-state index < -0.39 is 15.4 Å². The Morgan fingerprint density at radius 1 is 1.07 bits per heavy atom. The van der Waals surface area contributed by atoms with Crippen molar-refractivity contribution in [3.8, 4) is 0 Å². The minimum absolute atomic E-state index is 0.0850. The van der Waals surface area contributed by atoms with Gasteiger partial charge in [0.2, 0.25) is 21.8 Å². The van der Waals surface area contributed by atoms with Gasteiger partial charge in [0.05, 0.1) is 16.3 Å². The van der Waals surface area contributed by atoms with Gasteiger partial charge in [-0.25, -0.2) is 8.42 Å². The van der Waals surface area contributed by atoms with Crippen molar-refractivity contribution >= 4 is 33.2 Å². The molecule has 29 heavy (non-hydrogen) atoms. The van der Waals surface area contributed by atoms with E-state index in [9.17, 15) is 18.0 Å². The number of nitrogens with one attached hydrogen (secondary N) is 2. The first-order chi connectivity index (χ1) is 13.3. The zero-order valence-corrected chi connectivity index (χ0v) is 19.3. The molecule has 0 aliphatic heterocycles. The van der Waals surface area contributed by atoms with Crippen LogP contribution in [0.4, 0.5) is 11.4 Å². The number of hydrogen-bond acceptors (Lipinski definition) is 5. The van der Waals surface area contributed by atoms with Crippen molar-refractivity contribution in [1.82, 2.24) is 9.62 Å². The third-order valence-corrected chi connectivity index (χ3v) is 6.43. The maximum atomic E-state index is 12.8. The van der Waals surface area contributed by atoms with Gasteiger partial charge in [-0.3, -0.25) is 9.59 Å². The number of hydrogen-bond donors (Lipinski definition) is 2. The second-order valence-corrected chi connectivity index (χ2v) is 9.90. The molecule has 0 aliphatic carbocycles. The van der Waals surface area contributed by atoms with E-state index in [0.717, 1.165) is 0 Å². The van der Waals surface area contributed by atoms with Crippen LogP contribution in [0.15, 0.2) is 23.1 Å². The maximum Gasteiger partial charge on any atom is 0.243 e. The van der Waals surface area contributed by atoms with E-state index in [1.165, 1.54) is 10.4 Å². The molecule has 0 atom stereocenters. The lowest BCUT2D eigenvalue weighted by Gasteiger charge is -2.22. The highest BCUT2D eigenvalue weighted by molar-refractivity contribution is 7.89. The Labute approximate surface area is 174 Å². The minimum Gasteiger partial charge on any atom is -0.376 e. The fourth-order valence-electron chi connectivity index (χ4n) is 2.65. The highest BCUT2D eigenvalue weighted by Crippen LogP contribution is 2.29. The van der Waals surface area contributed by atoms with Gasteiger partial charge in [0.1, 0.15) is 0 Å². The van der Waals surface area contributed by atoms with Gasteiger partial charge in [0.15, 0.2) is 0 Å². The van der Waals surface area contributed by atoms with Crippen molar-refractivity contribution in [3.05, 3.63) is 18.2 Å². The molecule has 0 unspecified atom stereocenters. The molecule has 0 heterocycles. The van der Waals surface area contributed by atoms with Gasteiger partial charge in [-0.2, -0.15) is 4.31 Å². The third kappa shape index (κ3) is 6.71. The van der Waals surface area contributed by atoms with Gasteiger partial charge >= 0.3 is 0 Å². The van der Waals surface area contributed by atoms with Crippen molar-refractivity contribution in [2.24, 2.45) is 5.41 Å². The van der Waals surface area contributed by atoms with Crippen molar-refractivity contribution in [2.75, 3.05) is 43.9 Å². The number of benzene rings is 1. The lowest BCUT2D eigenvalue weighted by molar-refractivity contribution is -0.128. The SMILES string of the molecule is CCN(CC)S(=O)(=O)c1ccc(N(C)C)c(NC(=O)CCNC(=O)C(C)(C)C)c1. The third-order valence-electron chi connectivity index (χ3n) is 4.39. The monoisotopic (exact) mass is 426 g/mol. The molecule has 8 nitrogen and oxygen atoms in total. The summed E-state index contributed by atoms with van der Waals surface area (Å²) in [5.74, 6) is -0.439. The fraction of sp³-hybridized carbons (Fsp3) is 0.600. The van der Waals surface area contributed by atoms with Crippen LogP contribution in [0, 0.1) is 5.41 Å². The summed E-state index contributed by atoms with van der Waals surface area (Å²) in [7, 11) is -0.0148. The normalized spacial score (nSPS) is 12.0. The van der Waals surface area contributed by atoms with Crippen LogP contribution in [0.2, 0.25) is 0 Å². The Hall–Kier alpha value is -2.13. The van der Waals surface area contributed by atoms with Crippen LogP contribution in [0.5, 0.6) is 0 Å². The summed E-state index contributed by atoms with van der Waals surface area (Å²) >= 11 is 0. The number of anilines is 2. The van der Waals surface area contributed by atoms with Gasteiger partial charge in [0.25, 0.3) is 0 Å². The number of rotatable bonds is 9. The quantitative estimate of drug-likeness (QED) is 0.631. The van der Waals surface area contributed by atoms with Gasteiger partial charge < -0.3 is 15.5 Å². The van der Waals surface area contributed by atoms with Crippen molar-refractivity contribution in [2.45, 2.75) is 45.9 Å². The van der Waals surface area contributed by atoms with Gasteiger partial charge in [-0.15, -0.1) is 0 Å². The molecule has 9 heteroatoms. The van der Waals surface area contributed by atoms with Crippen LogP contribution in [0.1, 0.15) is 41.0 Å². The first-order valence-electron chi connectivity index (χ1n) is 9.74. The van der Waals surface area contributed by atoms with Crippen LogP contribution in [0.3, 0.4) is 0 Å². The van der Waals surface area contributed by atoms with E-state index in [1.807, 2.05) is 14.1 Å². The van der Waals surface area contributed by atoms with Gasteiger partial charge in [0, 0.05) is 45.6 Å². The molecule has 0 saturated carbocycles. The van der Waals surface area contributed by atoms with Gasteiger partial charge in [-0.05, 0) is 18.2 Å². The molecule has 2 N–H and O–H groups in total. The van der Waals surface area contributed by atoms with Crippen molar-refractivity contribution < 1.29 is 18.0 Å². The molecule has 0 aromatic heterocycles. The fourth-order valence-corrected chi connectivity index (χ4v) is 4.13. The van der Waals surface area contributed by atoms with Crippen LogP contribution in [-0.2, 0) is 19.6 Å². The summed E-state index contributed by atoms with van der Waals surface area (Å²) in [6.07, 6.45) is 0.0850. The highest BCUT2D eigenvalue weighted by Gasteiger charge is 2.24.